The minimum atomic E-state index is -0.581. The monoisotopic (exact) mass is 220 g/mol. The first kappa shape index (κ1) is 9.90. The Morgan fingerprint density at radius 2 is 2.12 bits per heavy atom. The maximum atomic E-state index is 9.40. The molecule has 8 heteroatoms. The molecule has 0 saturated carbocycles. The Kier molecular flexibility index (Phi) is 2.16. The zero-order valence-electron chi connectivity index (χ0n) is 7.99. The first-order chi connectivity index (χ1) is 7.65. The molecule has 0 fully saturated rings. The van der Waals surface area contributed by atoms with Gasteiger partial charge in [-0.15, -0.1) is 0 Å². The fourth-order valence-corrected chi connectivity index (χ4v) is 1.27. The van der Waals surface area contributed by atoms with E-state index in [1.165, 1.54) is 12.4 Å². The van der Waals surface area contributed by atoms with Gasteiger partial charge in [0.2, 0.25) is 11.5 Å². The van der Waals surface area contributed by atoms with Crippen LogP contribution in [0.4, 0.5) is 5.82 Å². The highest BCUT2D eigenvalue weighted by atomic mass is 16.3. The number of nitrogens with one attached hydrogen (secondary N) is 1. The van der Waals surface area contributed by atoms with E-state index in [1.54, 1.807) is 0 Å². The average molecular weight is 220 g/mol. The van der Waals surface area contributed by atoms with E-state index in [0.717, 1.165) is 4.57 Å². The van der Waals surface area contributed by atoms with Gasteiger partial charge in [-0.05, 0) is 0 Å². The lowest BCUT2D eigenvalue weighted by molar-refractivity contribution is 0.406. The van der Waals surface area contributed by atoms with E-state index in [-0.39, 0.29) is 22.6 Å². The molecule has 0 saturated heterocycles. The molecule has 8 nitrogen and oxygen atoms in total. The molecule has 82 valence electrons. The number of hydrogen-bond acceptors (Lipinski definition) is 7. The third-order valence-corrected chi connectivity index (χ3v) is 1.92. The molecular formula is C8H8N6O2. The summed E-state index contributed by atoms with van der Waals surface area (Å²) in [4.78, 5) is 11.5. The van der Waals surface area contributed by atoms with Crippen molar-refractivity contribution in [3.8, 4) is 0 Å². The van der Waals surface area contributed by atoms with Gasteiger partial charge in [-0.2, -0.15) is 4.98 Å². The highest BCUT2D eigenvalue weighted by Crippen LogP contribution is 2.12. The molecule has 0 aromatic carbocycles. The minimum absolute atomic E-state index is 0.0371. The Hall–Kier alpha value is -2.64. The Balaban J connectivity index is 2.98. The second-order valence-electron chi connectivity index (χ2n) is 2.87. The predicted octanol–water partition coefficient (Wildman–Crippen LogP) is -0.240. The maximum Gasteiger partial charge on any atom is 0.235 e. The van der Waals surface area contributed by atoms with Crippen LogP contribution in [0.3, 0.4) is 0 Å². The number of nitrogens with two attached hydrogens (primary N) is 1. The molecule has 0 aliphatic carbocycles. The van der Waals surface area contributed by atoms with Crippen LogP contribution in [-0.4, -0.2) is 29.7 Å². The molecule has 0 aliphatic heterocycles. The molecular weight excluding hydrogens is 212 g/mol. The van der Waals surface area contributed by atoms with Gasteiger partial charge in [-0.3, -0.25) is 5.41 Å². The Bertz CT molecular complexity index is 632. The molecule has 0 atom stereocenters. The van der Waals surface area contributed by atoms with Crippen LogP contribution in [-0.2, 0) is 0 Å². The molecule has 0 spiro atoms. The SMILES string of the molecule is N=c1nc(N)c2nccnc2n1/C(O)=C\O. The normalized spacial score (nSPS) is 11.9. The number of aliphatic hydroxyl groups is 2. The molecule has 2 aromatic heterocycles. The molecule has 2 rings (SSSR count). The summed E-state index contributed by atoms with van der Waals surface area (Å²) < 4.78 is 0.915. The van der Waals surface area contributed by atoms with Crippen LogP contribution in [0.1, 0.15) is 0 Å². The Labute approximate surface area is 88.9 Å². The van der Waals surface area contributed by atoms with Crippen molar-refractivity contribution in [1.82, 2.24) is 19.5 Å². The summed E-state index contributed by atoms with van der Waals surface area (Å²) in [6.45, 7) is 0. The van der Waals surface area contributed by atoms with E-state index in [0.29, 0.717) is 6.26 Å². The number of rotatable bonds is 1. The van der Waals surface area contributed by atoms with Gasteiger partial charge < -0.3 is 15.9 Å². The first-order valence-corrected chi connectivity index (χ1v) is 4.22. The lowest BCUT2D eigenvalue weighted by atomic mass is 10.4. The lowest BCUT2D eigenvalue weighted by Gasteiger charge is -2.08. The quantitative estimate of drug-likeness (QED) is 0.490. The van der Waals surface area contributed by atoms with E-state index in [2.05, 4.69) is 15.0 Å². The number of nitrogen functional groups attached to an aromatic ring is 1. The second kappa shape index (κ2) is 3.50. The zero-order valence-corrected chi connectivity index (χ0v) is 7.99. The molecule has 2 heterocycles. The summed E-state index contributed by atoms with van der Waals surface area (Å²) in [5.74, 6) is -0.543. The third kappa shape index (κ3) is 1.32. The van der Waals surface area contributed by atoms with Crippen LogP contribution >= 0.6 is 0 Å². The van der Waals surface area contributed by atoms with Crippen LogP contribution in [0.2, 0.25) is 0 Å². The number of hydrogen-bond donors (Lipinski definition) is 4. The van der Waals surface area contributed by atoms with Crippen molar-refractivity contribution in [3.63, 3.8) is 0 Å². The molecule has 0 bridgehead atoms. The summed E-state index contributed by atoms with van der Waals surface area (Å²) >= 11 is 0. The first-order valence-electron chi connectivity index (χ1n) is 4.22. The van der Waals surface area contributed by atoms with E-state index in [1.807, 2.05) is 0 Å². The largest absolute Gasteiger partial charge is 0.510 e. The third-order valence-electron chi connectivity index (χ3n) is 1.92. The summed E-state index contributed by atoms with van der Waals surface area (Å²) in [5, 5.41) is 25.6. The number of anilines is 1. The Morgan fingerprint density at radius 1 is 1.44 bits per heavy atom. The predicted molar refractivity (Wildman–Crippen MR) is 55.1 cm³/mol. The molecule has 0 aliphatic rings. The standard InChI is InChI=1S/C8H8N6O2/c9-6-5-7(12-2-1-11-5)14(4(16)3-15)8(10)13-6/h1-3,15-16H,(H3,9,10,13)/b4-3+. The maximum absolute atomic E-state index is 9.40. The van der Waals surface area contributed by atoms with Crippen LogP contribution in [0.15, 0.2) is 18.7 Å². The van der Waals surface area contributed by atoms with Gasteiger partial charge in [0.05, 0.1) is 0 Å². The van der Waals surface area contributed by atoms with Crippen LogP contribution < -0.4 is 11.4 Å². The van der Waals surface area contributed by atoms with Gasteiger partial charge >= 0.3 is 0 Å². The van der Waals surface area contributed by atoms with Gasteiger partial charge in [0.15, 0.2) is 11.5 Å². The van der Waals surface area contributed by atoms with Crippen LogP contribution in [0.5, 0.6) is 0 Å². The zero-order chi connectivity index (χ0) is 11.7. The highest BCUT2D eigenvalue weighted by Gasteiger charge is 2.11. The van der Waals surface area contributed by atoms with Crippen molar-refractivity contribution in [2.75, 3.05) is 5.73 Å². The van der Waals surface area contributed by atoms with E-state index in [9.17, 15) is 5.11 Å². The summed E-state index contributed by atoms with van der Waals surface area (Å²) in [5.41, 5.74) is 5.59. The molecule has 0 unspecified atom stereocenters. The smallest absolute Gasteiger partial charge is 0.235 e. The number of fused-ring (bicyclic) bond motifs is 1. The van der Waals surface area contributed by atoms with Crippen molar-refractivity contribution in [1.29, 1.82) is 5.41 Å². The molecule has 0 amide bonds. The topological polar surface area (TPSA) is 134 Å². The highest BCUT2D eigenvalue weighted by molar-refractivity contribution is 5.82. The van der Waals surface area contributed by atoms with Gasteiger partial charge in [-0.1, -0.05) is 0 Å². The van der Waals surface area contributed by atoms with Crippen molar-refractivity contribution in [3.05, 3.63) is 24.3 Å². The summed E-state index contributed by atoms with van der Waals surface area (Å²) in [6, 6.07) is 0. The number of aromatic nitrogens is 4. The van der Waals surface area contributed by atoms with E-state index in [4.69, 9.17) is 16.2 Å². The van der Waals surface area contributed by atoms with Crippen molar-refractivity contribution in [2.45, 2.75) is 0 Å². The van der Waals surface area contributed by atoms with E-state index >= 15 is 0 Å². The van der Waals surface area contributed by atoms with Crippen LogP contribution in [0, 0.1) is 5.41 Å². The number of nitrogens with zero attached hydrogens (tertiary/aromatic N) is 4. The fourth-order valence-electron chi connectivity index (χ4n) is 1.27. The Morgan fingerprint density at radius 3 is 2.81 bits per heavy atom. The van der Waals surface area contributed by atoms with Gasteiger partial charge in [0, 0.05) is 12.4 Å². The van der Waals surface area contributed by atoms with Gasteiger partial charge in [0.25, 0.3) is 0 Å². The van der Waals surface area contributed by atoms with Crippen molar-refractivity contribution >= 4 is 22.9 Å². The fraction of sp³-hybridized carbons (Fsp3) is 0. The van der Waals surface area contributed by atoms with Gasteiger partial charge in [0.1, 0.15) is 11.8 Å². The lowest BCUT2D eigenvalue weighted by Crippen LogP contribution is -2.25. The summed E-state index contributed by atoms with van der Waals surface area (Å²) in [6.07, 6.45) is 3.22. The van der Waals surface area contributed by atoms with E-state index < -0.39 is 5.88 Å². The molecule has 16 heavy (non-hydrogen) atoms. The van der Waals surface area contributed by atoms with Crippen molar-refractivity contribution < 1.29 is 10.2 Å². The van der Waals surface area contributed by atoms with Gasteiger partial charge in [-0.25, -0.2) is 14.5 Å². The average Bonchev–Trinajstić information content (AvgIpc) is 2.28. The van der Waals surface area contributed by atoms with Crippen LogP contribution in [0.25, 0.3) is 17.0 Å². The second-order valence-corrected chi connectivity index (χ2v) is 2.87. The number of aliphatic hydroxyl groups excluding tert-OH is 2. The molecule has 2 aromatic rings. The molecule has 5 N–H and O–H groups in total. The minimum Gasteiger partial charge on any atom is -0.510 e. The van der Waals surface area contributed by atoms with Crippen molar-refractivity contribution in [2.24, 2.45) is 0 Å². The summed E-state index contributed by atoms with van der Waals surface area (Å²) in [7, 11) is 0. The molecule has 0 radical (unpaired) electrons.